The monoisotopic (exact) mass is 394 g/mol. The molecule has 152 valence electrons. The van der Waals surface area contributed by atoms with Crippen molar-refractivity contribution in [1.29, 1.82) is 0 Å². The molecule has 29 heavy (non-hydrogen) atoms. The molecule has 4 rings (SSSR count). The highest BCUT2D eigenvalue weighted by Gasteiger charge is 2.40. The first-order valence-electron chi connectivity index (χ1n) is 10.3. The summed E-state index contributed by atoms with van der Waals surface area (Å²) in [5, 5.41) is 0. The lowest BCUT2D eigenvalue weighted by atomic mass is 9.75. The van der Waals surface area contributed by atoms with Crippen LogP contribution in [0.3, 0.4) is 0 Å². The molecule has 0 spiro atoms. The van der Waals surface area contributed by atoms with E-state index in [1.54, 1.807) is 12.1 Å². The standard InChI is InChI=1S/C24H27FN2O2/c1-24(2)16-27-14-13-26(15-21(27)17-7-3-5-9-19(17)24)23(29)12-11-22(28)18-8-4-6-10-20(18)25/h3-10,21H,11-16H2,1-2H3. The van der Waals surface area contributed by atoms with Gasteiger partial charge in [-0.25, -0.2) is 4.39 Å². The second-order valence-corrected chi connectivity index (χ2v) is 8.70. The molecule has 2 aromatic carbocycles. The van der Waals surface area contributed by atoms with Crippen molar-refractivity contribution < 1.29 is 14.0 Å². The first-order chi connectivity index (χ1) is 13.9. The Balaban J connectivity index is 1.43. The Morgan fingerprint density at radius 2 is 1.76 bits per heavy atom. The first kappa shape index (κ1) is 19.8. The quantitative estimate of drug-likeness (QED) is 0.737. The largest absolute Gasteiger partial charge is 0.339 e. The fourth-order valence-electron chi connectivity index (χ4n) is 4.73. The molecule has 1 unspecified atom stereocenters. The summed E-state index contributed by atoms with van der Waals surface area (Å²) in [5.74, 6) is -0.878. The van der Waals surface area contributed by atoms with Crippen LogP contribution < -0.4 is 0 Å². The van der Waals surface area contributed by atoms with Gasteiger partial charge in [0.1, 0.15) is 5.82 Å². The molecule has 0 saturated carbocycles. The van der Waals surface area contributed by atoms with Crippen molar-refractivity contribution in [3.05, 3.63) is 71.0 Å². The van der Waals surface area contributed by atoms with E-state index in [2.05, 4.69) is 43.0 Å². The maximum atomic E-state index is 13.8. The van der Waals surface area contributed by atoms with E-state index in [-0.39, 0.29) is 41.6 Å². The lowest BCUT2D eigenvalue weighted by Crippen LogP contribution is -2.55. The van der Waals surface area contributed by atoms with Crippen LogP contribution in [0.1, 0.15) is 54.2 Å². The Bertz CT molecular complexity index is 940. The van der Waals surface area contributed by atoms with E-state index >= 15 is 0 Å². The number of hydrogen-bond acceptors (Lipinski definition) is 3. The van der Waals surface area contributed by atoms with Gasteiger partial charge < -0.3 is 4.90 Å². The molecule has 1 atom stereocenters. The number of hydrogen-bond donors (Lipinski definition) is 0. The first-order valence-corrected chi connectivity index (χ1v) is 10.3. The summed E-state index contributed by atoms with van der Waals surface area (Å²) in [6.07, 6.45) is 0.154. The minimum atomic E-state index is -0.528. The van der Waals surface area contributed by atoms with Gasteiger partial charge in [0.05, 0.1) is 11.6 Å². The molecular formula is C24H27FN2O2. The van der Waals surface area contributed by atoms with Crippen molar-refractivity contribution >= 4 is 11.7 Å². The summed E-state index contributed by atoms with van der Waals surface area (Å²) in [4.78, 5) is 29.4. The number of rotatable bonds is 4. The molecule has 2 aliphatic rings. The van der Waals surface area contributed by atoms with Gasteiger partial charge in [0.15, 0.2) is 5.78 Å². The fourth-order valence-corrected chi connectivity index (χ4v) is 4.73. The third-order valence-electron chi connectivity index (χ3n) is 6.23. The molecule has 0 bridgehead atoms. The van der Waals surface area contributed by atoms with Crippen LogP contribution in [-0.4, -0.2) is 47.7 Å². The number of amides is 1. The summed E-state index contributed by atoms with van der Waals surface area (Å²) in [6.45, 7) is 7.65. The van der Waals surface area contributed by atoms with Gasteiger partial charge >= 0.3 is 0 Å². The van der Waals surface area contributed by atoms with Gasteiger partial charge in [-0.1, -0.05) is 50.2 Å². The Morgan fingerprint density at radius 1 is 1.03 bits per heavy atom. The highest BCUT2D eigenvalue weighted by molar-refractivity contribution is 5.98. The number of piperazine rings is 1. The molecule has 0 N–H and O–H groups in total. The van der Waals surface area contributed by atoms with Gasteiger partial charge in [0.25, 0.3) is 0 Å². The summed E-state index contributed by atoms with van der Waals surface area (Å²) < 4.78 is 13.8. The van der Waals surface area contributed by atoms with Crippen molar-refractivity contribution in [1.82, 2.24) is 9.80 Å². The molecule has 0 aliphatic carbocycles. The van der Waals surface area contributed by atoms with E-state index in [9.17, 15) is 14.0 Å². The number of carbonyl (C=O) groups excluding carboxylic acids is 2. The normalized spacial score (nSPS) is 20.7. The zero-order chi connectivity index (χ0) is 20.6. The van der Waals surface area contributed by atoms with Gasteiger partial charge in [0, 0.05) is 44.4 Å². The molecule has 2 aliphatic heterocycles. The molecule has 1 fully saturated rings. The number of Topliss-reactive ketones (excluding diaryl/α,β-unsaturated/α-hetero) is 1. The van der Waals surface area contributed by atoms with Gasteiger partial charge in [-0.2, -0.15) is 0 Å². The zero-order valence-corrected chi connectivity index (χ0v) is 17.0. The highest BCUT2D eigenvalue weighted by atomic mass is 19.1. The Hall–Kier alpha value is -2.53. The molecule has 5 heteroatoms. The molecule has 2 heterocycles. The van der Waals surface area contributed by atoms with Crippen LogP contribution >= 0.6 is 0 Å². The zero-order valence-electron chi connectivity index (χ0n) is 17.0. The number of fused-ring (bicyclic) bond motifs is 3. The predicted molar refractivity (Wildman–Crippen MR) is 110 cm³/mol. The highest BCUT2D eigenvalue weighted by Crippen LogP contribution is 2.41. The molecular weight excluding hydrogens is 367 g/mol. The van der Waals surface area contributed by atoms with Crippen molar-refractivity contribution in [2.24, 2.45) is 0 Å². The third-order valence-corrected chi connectivity index (χ3v) is 6.23. The van der Waals surface area contributed by atoms with Crippen molar-refractivity contribution in [2.75, 3.05) is 26.2 Å². The lowest BCUT2D eigenvalue weighted by Gasteiger charge is -2.50. The number of ketones is 1. The molecule has 4 nitrogen and oxygen atoms in total. The summed E-state index contributed by atoms with van der Waals surface area (Å²) in [7, 11) is 0. The minimum absolute atomic E-state index is 0.0309. The number of carbonyl (C=O) groups is 2. The lowest BCUT2D eigenvalue weighted by molar-refractivity contribution is -0.134. The molecule has 0 aromatic heterocycles. The molecule has 1 amide bonds. The molecule has 0 radical (unpaired) electrons. The van der Waals surface area contributed by atoms with Crippen molar-refractivity contribution in [3.8, 4) is 0 Å². The van der Waals surface area contributed by atoms with E-state index in [0.717, 1.165) is 13.1 Å². The SMILES string of the molecule is CC1(C)CN2CCN(C(=O)CCC(=O)c3ccccc3F)CC2c2ccccc21. The smallest absolute Gasteiger partial charge is 0.223 e. The van der Waals surface area contributed by atoms with Crippen LogP contribution in [0.15, 0.2) is 48.5 Å². The third kappa shape index (κ3) is 3.84. The van der Waals surface area contributed by atoms with E-state index in [1.807, 2.05) is 4.90 Å². The van der Waals surface area contributed by atoms with Gasteiger partial charge in [-0.15, -0.1) is 0 Å². The topological polar surface area (TPSA) is 40.6 Å². The summed E-state index contributed by atoms with van der Waals surface area (Å²) in [6, 6.07) is 14.6. The van der Waals surface area contributed by atoms with Gasteiger partial charge in [-0.05, 0) is 23.3 Å². The Labute approximate surface area is 171 Å². The van der Waals surface area contributed by atoms with E-state index in [0.29, 0.717) is 13.1 Å². The second-order valence-electron chi connectivity index (χ2n) is 8.70. The van der Waals surface area contributed by atoms with Crippen LogP contribution in [0.2, 0.25) is 0 Å². The van der Waals surface area contributed by atoms with Crippen LogP contribution in [0.5, 0.6) is 0 Å². The average Bonchev–Trinajstić information content (AvgIpc) is 2.72. The number of benzene rings is 2. The van der Waals surface area contributed by atoms with E-state index in [1.165, 1.54) is 23.3 Å². The summed E-state index contributed by atoms with van der Waals surface area (Å²) in [5.41, 5.74) is 2.80. The molecule has 1 saturated heterocycles. The Kier molecular flexibility index (Phi) is 5.26. The van der Waals surface area contributed by atoms with Gasteiger partial charge in [0.2, 0.25) is 5.91 Å². The number of nitrogens with zero attached hydrogens (tertiary/aromatic N) is 2. The second kappa shape index (κ2) is 7.71. The molecule has 2 aromatic rings. The summed E-state index contributed by atoms with van der Waals surface area (Å²) >= 11 is 0. The van der Waals surface area contributed by atoms with Crippen LogP contribution in [-0.2, 0) is 10.2 Å². The maximum Gasteiger partial charge on any atom is 0.223 e. The van der Waals surface area contributed by atoms with E-state index < -0.39 is 5.82 Å². The minimum Gasteiger partial charge on any atom is -0.339 e. The van der Waals surface area contributed by atoms with Crippen molar-refractivity contribution in [2.45, 2.75) is 38.1 Å². The van der Waals surface area contributed by atoms with Gasteiger partial charge in [-0.3, -0.25) is 14.5 Å². The predicted octanol–water partition coefficient (Wildman–Crippen LogP) is 3.97. The van der Waals surface area contributed by atoms with Crippen molar-refractivity contribution in [3.63, 3.8) is 0 Å². The van der Waals surface area contributed by atoms with Crippen LogP contribution in [0.25, 0.3) is 0 Å². The maximum absolute atomic E-state index is 13.8. The fraction of sp³-hybridized carbons (Fsp3) is 0.417. The van der Waals surface area contributed by atoms with Crippen LogP contribution in [0, 0.1) is 5.82 Å². The van der Waals surface area contributed by atoms with E-state index in [4.69, 9.17) is 0 Å². The average molecular weight is 394 g/mol. The Morgan fingerprint density at radius 3 is 2.55 bits per heavy atom. The van der Waals surface area contributed by atoms with Crippen LogP contribution in [0.4, 0.5) is 4.39 Å². The number of halogens is 1.